The number of carbonyl (C=O) groups is 1. The van der Waals surface area contributed by atoms with E-state index in [0.717, 1.165) is 82.6 Å². The Balaban J connectivity index is 1.20. The molecule has 7 heteroatoms. The first-order chi connectivity index (χ1) is 13.7. The lowest BCUT2D eigenvalue weighted by Crippen LogP contribution is -2.40. The van der Waals surface area contributed by atoms with Gasteiger partial charge in [0.25, 0.3) is 6.01 Å². The lowest BCUT2D eigenvalue weighted by molar-refractivity contribution is -0.150. The minimum Gasteiger partial charge on any atom is -0.461 e. The third kappa shape index (κ3) is 3.37. The number of nitrogens with zero attached hydrogens (tertiary/aromatic N) is 3. The van der Waals surface area contributed by atoms with E-state index >= 15 is 0 Å². The SMILES string of the molecule is O=C1OC(CN2CCCN(c3nc4ccccc4o3)CC2)CC12CCNCC2. The number of fused-ring (bicyclic) bond motifs is 1. The average molecular weight is 384 g/mol. The van der Waals surface area contributed by atoms with E-state index in [1.807, 2.05) is 24.3 Å². The number of ether oxygens (including phenoxy) is 1. The van der Waals surface area contributed by atoms with Gasteiger partial charge in [-0.25, -0.2) is 0 Å². The Morgan fingerprint density at radius 2 is 2.00 bits per heavy atom. The molecule has 7 nitrogen and oxygen atoms in total. The third-order valence-electron chi connectivity index (χ3n) is 6.49. The van der Waals surface area contributed by atoms with Crippen molar-refractivity contribution in [3.05, 3.63) is 24.3 Å². The van der Waals surface area contributed by atoms with E-state index in [0.29, 0.717) is 6.01 Å². The minimum absolute atomic E-state index is 0.0291. The maximum absolute atomic E-state index is 12.5. The number of benzene rings is 1. The molecule has 1 N–H and O–H groups in total. The van der Waals surface area contributed by atoms with Crippen molar-refractivity contribution < 1.29 is 13.9 Å². The first-order valence-electron chi connectivity index (χ1n) is 10.5. The van der Waals surface area contributed by atoms with Crippen LogP contribution in [0.1, 0.15) is 25.7 Å². The fourth-order valence-corrected chi connectivity index (χ4v) is 4.88. The summed E-state index contributed by atoms with van der Waals surface area (Å²) >= 11 is 0. The molecule has 0 bridgehead atoms. The highest BCUT2D eigenvalue weighted by atomic mass is 16.6. The van der Waals surface area contributed by atoms with E-state index in [9.17, 15) is 4.79 Å². The summed E-state index contributed by atoms with van der Waals surface area (Å²) in [5.41, 5.74) is 1.51. The molecule has 0 radical (unpaired) electrons. The van der Waals surface area contributed by atoms with Crippen LogP contribution in [-0.2, 0) is 9.53 Å². The van der Waals surface area contributed by atoms with Crippen molar-refractivity contribution in [1.82, 2.24) is 15.2 Å². The standard InChI is InChI=1S/C21H28N4O3/c26-19-21(6-8-22-9-7-21)14-16(27-19)15-24-10-3-11-25(13-12-24)20-23-17-4-1-2-5-18(17)28-20/h1-2,4-5,16,22H,3,6-15H2. The largest absolute Gasteiger partial charge is 0.461 e. The molecule has 150 valence electrons. The maximum atomic E-state index is 12.5. The summed E-state index contributed by atoms with van der Waals surface area (Å²) in [5, 5.41) is 3.35. The molecule has 3 aliphatic heterocycles. The number of piperidine rings is 1. The molecule has 0 saturated carbocycles. The molecule has 1 aromatic heterocycles. The second kappa shape index (κ2) is 7.37. The summed E-state index contributed by atoms with van der Waals surface area (Å²) in [5.74, 6) is 0.0296. The van der Waals surface area contributed by atoms with E-state index < -0.39 is 0 Å². The van der Waals surface area contributed by atoms with Crippen molar-refractivity contribution in [3.8, 4) is 0 Å². The van der Waals surface area contributed by atoms with Gasteiger partial charge in [-0.3, -0.25) is 9.69 Å². The van der Waals surface area contributed by atoms with Gasteiger partial charge in [0, 0.05) is 39.1 Å². The van der Waals surface area contributed by atoms with Crippen molar-refractivity contribution in [1.29, 1.82) is 0 Å². The molecule has 0 aliphatic carbocycles. The first kappa shape index (κ1) is 17.9. The van der Waals surface area contributed by atoms with Gasteiger partial charge >= 0.3 is 5.97 Å². The maximum Gasteiger partial charge on any atom is 0.312 e. The molecule has 1 atom stereocenters. The number of rotatable bonds is 3. The van der Waals surface area contributed by atoms with Gasteiger partial charge in [0.15, 0.2) is 5.58 Å². The van der Waals surface area contributed by atoms with Crippen LogP contribution in [0.3, 0.4) is 0 Å². The fraction of sp³-hybridized carbons (Fsp3) is 0.619. The minimum atomic E-state index is -0.230. The number of para-hydroxylation sites is 2. The molecule has 3 saturated heterocycles. The van der Waals surface area contributed by atoms with Crippen LogP contribution in [0.2, 0.25) is 0 Å². The number of carbonyl (C=O) groups excluding carboxylic acids is 1. The number of esters is 1. The smallest absolute Gasteiger partial charge is 0.312 e. The molecule has 0 amide bonds. The van der Waals surface area contributed by atoms with Crippen molar-refractivity contribution in [3.63, 3.8) is 0 Å². The van der Waals surface area contributed by atoms with Gasteiger partial charge in [-0.15, -0.1) is 0 Å². The molecular formula is C21H28N4O3. The van der Waals surface area contributed by atoms with Gasteiger partial charge in [-0.2, -0.15) is 4.98 Å². The second-order valence-corrected chi connectivity index (χ2v) is 8.37. The number of aromatic nitrogens is 1. The van der Waals surface area contributed by atoms with Gasteiger partial charge in [0.1, 0.15) is 11.6 Å². The van der Waals surface area contributed by atoms with Crippen LogP contribution in [0.4, 0.5) is 6.01 Å². The summed E-state index contributed by atoms with van der Waals surface area (Å²) in [6.07, 6.45) is 3.77. The quantitative estimate of drug-likeness (QED) is 0.812. The van der Waals surface area contributed by atoms with Crippen LogP contribution < -0.4 is 10.2 Å². The van der Waals surface area contributed by atoms with Gasteiger partial charge in [-0.1, -0.05) is 12.1 Å². The first-order valence-corrected chi connectivity index (χ1v) is 10.5. The zero-order valence-electron chi connectivity index (χ0n) is 16.2. The number of hydrogen-bond acceptors (Lipinski definition) is 7. The molecule has 2 aromatic rings. The van der Waals surface area contributed by atoms with Gasteiger partial charge in [0.2, 0.25) is 0 Å². The van der Waals surface area contributed by atoms with E-state index in [2.05, 4.69) is 20.1 Å². The number of cyclic esters (lactones) is 1. The number of oxazole rings is 1. The monoisotopic (exact) mass is 384 g/mol. The summed E-state index contributed by atoms with van der Waals surface area (Å²) in [7, 11) is 0. The zero-order valence-corrected chi connectivity index (χ0v) is 16.2. The third-order valence-corrected chi connectivity index (χ3v) is 6.49. The van der Waals surface area contributed by atoms with Crippen LogP contribution in [0.25, 0.3) is 11.1 Å². The molecule has 3 aliphatic rings. The number of nitrogens with one attached hydrogen (secondary N) is 1. The molecule has 1 spiro atoms. The van der Waals surface area contributed by atoms with Crippen LogP contribution in [0.5, 0.6) is 0 Å². The van der Waals surface area contributed by atoms with E-state index in [1.165, 1.54) is 0 Å². The Morgan fingerprint density at radius 3 is 2.86 bits per heavy atom. The fourth-order valence-electron chi connectivity index (χ4n) is 4.88. The summed E-state index contributed by atoms with van der Waals surface area (Å²) in [6, 6.07) is 8.61. The molecule has 5 rings (SSSR count). The van der Waals surface area contributed by atoms with Crippen molar-refractivity contribution in [2.45, 2.75) is 31.8 Å². The summed E-state index contributed by atoms with van der Waals surface area (Å²) < 4.78 is 11.7. The van der Waals surface area contributed by atoms with Gasteiger partial charge in [-0.05, 0) is 44.5 Å². The highest BCUT2D eigenvalue weighted by molar-refractivity contribution is 5.79. The second-order valence-electron chi connectivity index (χ2n) is 8.37. The Hall–Kier alpha value is -2.12. The zero-order chi connectivity index (χ0) is 19.0. The summed E-state index contributed by atoms with van der Waals surface area (Å²) in [4.78, 5) is 21.8. The predicted octanol–water partition coefficient (Wildman–Crippen LogP) is 2.03. The molecule has 28 heavy (non-hydrogen) atoms. The number of hydrogen-bond donors (Lipinski definition) is 1. The Morgan fingerprint density at radius 1 is 1.14 bits per heavy atom. The highest BCUT2D eigenvalue weighted by Crippen LogP contribution is 2.41. The Kier molecular flexibility index (Phi) is 4.72. The highest BCUT2D eigenvalue weighted by Gasteiger charge is 2.49. The van der Waals surface area contributed by atoms with Crippen LogP contribution >= 0.6 is 0 Å². The van der Waals surface area contributed by atoms with Crippen molar-refractivity contribution in [2.24, 2.45) is 5.41 Å². The van der Waals surface area contributed by atoms with Crippen molar-refractivity contribution >= 4 is 23.1 Å². The lowest BCUT2D eigenvalue weighted by atomic mass is 9.76. The van der Waals surface area contributed by atoms with E-state index in [1.54, 1.807) is 0 Å². The molecule has 4 heterocycles. The van der Waals surface area contributed by atoms with Crippen LogP contribution in [0, 0.1) is 5.41 Å². The molecular weight excluding hydrogens is 356 g/mol. The molecule has 1 unspecified atom stereocenters. The van der Waals surface area contributed by atoms with Gasteiger partial charge in [0.05, 0.1) is 5.41 Å². The molecule has 3 fully saturated rings. The van der Waals surface area contributed by atoms with E-state index in [-0.39, 0.29) is 17.5 Å². The topological polar surface area (TPSA) is 70.8 Å². The Labute approximate surface area is 165 Å². The number of anilines is 1. The normalized spacial score (nSPS) is 25.9. The predicted molar refractivity (Wildman–Crippen MR) is 106 cm³/mol. The summed E-state index contributed by atoms with van der Waals surface area (Å²) in [6.45, 7) is 6.44. The average Bonchev–Trinajstić information content (AvgIpc) is 3.16. The van der Waals surface area contributed by atoms with E-state index in [4.69, 9.17) is 9.15 Å². The van der Waals surface area contributed by atoms with Crippen molar-refractivity contribution in [2.75, 3.05) is 50.7 Å². The Bertz CT molecular complexity index is 812. The molecule has 1 aromatic carbocycles. The van der Waals surface area contributed by atoms with Gasteiger partial charge < -0.3 is 19.4 Å². The van der Waals surface area contributed by atoms with Crippen LogP contribution in [0.15, 0.2) is 28.7 Å². The van der Waals surface area contributed by atoms with Crippen LogP contribution in [-0.4, -0.2) is 67.8 Å². The lowest BCUT2D eigenvalue weighted by Gasteiger charge is -2.29.